The van der Waals surface area contributed by atoms with Gasteiger partial charge in [0.15, 0.2) is 6.29 Å². The van der Waals surface area contributed by atoms with Gasteiger partial charge in [0.2, 0.25) is 0 Å². The Balaban J connectivity index is 1.79. The quantitative estimate of drug-likeness (QED) is 0.824. The molecule has 0 radical (unpaired) electrons. The molecule has 0 atom stereocenters. The molecule has 2 aliphatic heterocycles. The molecule has 2 aliphatic rings. The summed E-state index contributed by atoms with van der Waals surface area (Å²) in [5.74, 6) is 0.176. The number of alkyl halides is 3. The minimum atomic E-state index is -5.38. The lowest BCUT2D eigenvalue weighted by atomic mass is 9.96. The number of hydrogen-bond acceptors (Lipinski definition) is 5. The van der Waals surface area contributed by atoms with Crippen LogP contribution in [0.3, 0.4) is 0 Å². The van der Waals surface area contributed by atoms with Gasteiger partial charge in [-0.25, -0.2) is 8.42 Å². The highest BCUT2D eigenvalue weighted by molar-refractivity contribution is 7.92. The van der Waals surface area contributed by atoms with E-state index in [2.05, 4.69) is 0 Å². The van der Waals surface area contributed by atoms with Crippen molar-refractivity contribution < 1.29 is 31.1 Å². The number of anilines is 1. The monoisotopic (exact) mass is 365 g/mol. The lowest BCUT2D eigenvalue weighted by molar-refractivity contribution is -0.0889. The van der Waals surface area contributed by atoms with Crippen LogP contribution in [-0.2, 0) is 19.3 Å². The van der Waals surface area contributed by atoms with Crippen molar-refractivity contribution in [1.82, 2.24) is 0 Å². The fraction of sp³-hybridized carbons (Fsp3) is 0.600. The molecule has 0 unspecified atom stereocenters. The van der Waals surface area contributed by atoms with E-state index < -0.39 is 20.2 Å². The Morgan fingerprint density at radius 2 is 1.62 bits per heavy atom. The number of para-hydroxylation sites is 1. The summed E-state index contributed by atoms with van der Waals surface area (Å²) in [6, 6.07) is 5.27. The van der Waals surface area contributed by atoms with Crippen molar-refractivity contribution in [3.8, 4) is 0 Å². The number of halogens is 3. The largest absolute Gasteiger partial charge is 0.501 e. The van der Waals surface area contributed by atoms with Gasteiger partial charge >= 0.3 is 5.51 Å². The first-order valence-electron chi connectivity index (χ1n) is 7.69. The summed E-state index contributed by atoms with van der Waals surface area (Å²) < 4.78 is 73.2. The third kappa shape index (κ3) is 3.25. The zero-order valence-corrected chi connectivity index (χ0v) is 13.6. The molecule has 1 aromatic rings. The standard InChI is InChI=1S/C15H18F3NO4S/c16-15(17,18)24(20,21)13-4-2-1-3-12(13)19-7-5-11(6-8-19)14-22-9-10-23-14/h1-4,11,14H,5-10H2. The molecule has 1 aromatic carbocycles. The fourth-order valence-corrected chi connectivity index (χ4v) is 4.11. The average molecular weight is 365 g/mol. The maximum atomic E-state index is 12.9. The molecule has 0 N–H and O–H groups in total. The molecule has 2 fully saturated rings. The molecule has 0 aliphatic carbocycles. The Morgan fingerprint density at radius 1 is 1.04 bits per heavy atom. The number of nitrogens with zero attached hydrogens (tertiary/aromatic N) is 1. The van der Waals surface area contributed by atoms with Crippen LogP contribution in [0.2, 0.25) is 0 Å². The van der Waals surface area contributed by atoms with Gasteiger partial charge in [-0.15, -0.1) is 0 Å². The van der Waals surface area contributed by atoms with E-state index in [1.807, 2.05) is 0 Å². The highest BCUT2D eigenvalue weighted by Gasteiger charge is 2.48. The highest BCUT2D eigenvalue weighted by atomic mass is 32.2. The van der Waals surface area contributed by atoms with Crippen molar-refractivity contribution in [2.24, 2.45) is 5.92 Å². The lowest BCUT2D eigenvalue weighted by Crippen LogP contribution is -2.39. The first-order chi connectivity index (χ1) is 11.3. The average Bonchev–Trinajstić information content (AvgIpc) is 3.08. The first-order valence-corrected chi connectivity index (χ1v) is 9.17. The van der Waals surface area contributed by atoms with Crippen molar-refractivity contribution in [3.63, 3.8) is 0 Å². The van der Waals surface area contributed by atoms with Gasteiger partial charge in [-0.2, -0.15) is 13.2 Å². The molecule has 0 aromatic heterocycles. The third-order valence-electron chi connectivity index (χ3n) is 4.37. The van der Waals surface area contributed by atoms with Gasteiger partial charge in [-0.1, -0.05) is 12.1 Å². The molecule has 24 heavy (non-hydrogen) atoms. The van der Waals surface area contributed by atoms with Crippen LogP contribution in [0.5, 0.6) is 0 Å². The molecule has 5 nitrogen and oxygen atoms in total. The van der Waals surface area contributed by atoms with Gasteiger partial charge < -0.3 is 14.4 Å². The van der Waals surface area contributed by atoms with Crippen LogP contribution in [0.15, 0.2) is 29.2 Å². The van der Waals surface area contributed by atoms with E-state index >= 15 is 0 Å². The van der Waals surface area contributed by atoms with E-state index in [4.69, 9.17) is 9.47 Å². The normalized spacial score (nSPS) is 21.4. The molecular formula is C15H18F3NO4S. The maximum absolute atomic E-state index is 12.9. The number of sulfone groups is 1. The number of piperidine rings is 1. The molecule has 2 heterocycles. The molecule has 0 amide bonds. The van der Waals surface area contributed by atoms with E-state index in [1.54, 1.807) is 11.0 Å². The van der Waals surface area contributed by atoms with Gasteiger partial charge in [-0.3, -0.25) is 0 Å². The number of rotatable bonds is 3. The van der Waals surface area contributed by atoms with Gasteiger partial charge in [0.1, 0.15) is 0 Å². The second kappa shape index (κ2) is 6.53. The Bertz CT molecular complexity index is 678. The van der Waals surface area contributed by atoms with Crippen molar-refractivity contribution in [3.05, 3.63) is 24.3 Å². The summed E-state index contributed by atoms with van der Waals surface area (Å²) in [6.45, 7) is 2.02. The maximum Gasteiger partial charge on any atom is 0.501 e. The number of hydrogen-bond donors (Lipinski definition) is 0. The topological polar surface area (TPSA) is 55.8 Å². The minimum Gasteiger partial charge on any atom is -0.370 e. The molecule has 3 rings (SSSR count). The molecule has 2 saturated heterocycles. The lowest BCUT2D eigenvalue weighted by Gasteiger charge is -2.36. The van der Waals surface area contributed by atoms with Crippen LogP contribution < -0.4 is 4.90 Å². The Morgan fingerprint density at radius 3 is 2.21 bits per heavy atom. The summed E-state index contributed by atoms with van der Waals surface area (Å²) in [6.07, 6.45) is 1.08. The molecule has 0 spiro atoms. The fourth-order valence-electron chi connectivity index (χ4n) is 3.13. The van der Waals surface area contributed by atoms with Crippen LogP contribution >= 0.6 is 0 Å². The smallest absolute Gasteiger partial charge is 0.370 e. The van der Waals surface area contributed by atoms with Gasteiger partial charge in [0.25, 0.3) is 9.84 Å². The molecule has 0 saturated carbocycles. The molecular weight excluding hydrogens is 347 g/mol. The summed E-state index contributed by atoms with van der Waals surface area (Å²) >= 11 is 0. The first kappa shape index (κ1) is 17.5. The Hall–Kier alpha value is -1.32. The van der Waals surface area contributed by atoms with E-state index in [1.165, 1.54) is 12.1 Å². The molecule has 134 valence electrons. The van der Waals surface area contributed by atoms with E-state index in [-0.39, 0.29) is 17.9 Å². The Kier molecular flexibility index (Phi) is 4.76. The zero-order valence-electron chi connectivity index (χ0n) is 12.8. The van der Waals surface area contributed by atoms with Crippen molar-refractivity contribution in [2.75, 3.05) is 31.2 Å². The van der Waals surface area contributed by atoms with Crippen molar-refractivity contribution in [1.29, 1.82) is 0 Å². The summed E-state index contributed by atoms with van der Waals surface area (Å²) in [5, 5.41) is 0. The van der Waals surface area contributed by atoms with Crippen molar-refractivity contribution >= 4 is 15.5 Å². The van der Waals surface area contributed by atoms with Crippen LogP contribution in [0, 0.1) is 5.92 Å². The second-order valence-corrected chi connectivity index (χ2v) is 7.76. The van der Waals surface area contributed by atoms with Gasteiger partial charge in [-0.05, 0) is 25.0 Å². The van der Waals surface area contributed by atoms with Gasteiger partial charge in [0, 0.05) is 19.0 Å². The van der Waals surface area contributed by atoms with Crippen LogP contribution in [0.1, 0.15) is 12.8 Å². The van der Waals surface area contributed by atoms with E-state index in [9.17, 15) is 21.6 Å². The minimum absolute atomic E-state index is 0.0986. The van der Waals surface area contributed by atoms with Crippen LogP contribution in [-0.4, -0.2) is 46.5 Å². The van der Waals surface area contributed by atoms with E-state index in [0.717, 1.165) is 6.07 Å². The van der Waals surface area contributed by atoms with Crippen molar-refractivity contribution in [2.45, 2.75) is 29.5 Å². The second-order valence-electron chi connectivity index (χ2n) is 5.85. The number of ether oxygens (including phenoxy) is 2. The highest BCUT2D eigenvalue weighted by Crippen LogP contribution is 2.37. The summed E-state index contributed by atoms with van der Waals surface area (Å²) in [5.41, 5.74) is -5.21. The SMILES string of the molecule is O=S(=O)(c1ccccc1N1CCC(C2OCCO2)CC1)C(F)(F)F. The van der Waals surface area contributed by atoms with Crippen LogP contribution in [0.4, 0.5) is 18.9 Å². The zero-order chi connectivity index (χ0) is 17.4. The van der Waals surface area contributed by atoms with Crippen LogP contribution in [0.25, 0.3) is 0 Å². The summed E-state index contributed by atoms with van der Waals surface area (Å²) in [7, 11) is -5.38. The predicted octanol–water partition coefficient (Wildman–Crippen LogP) is 2.57. The number of benzene rings is 1. The Labute approximate surface area is 138 Å². The molecule has 9 heteroatoms. The van der Waals surface area contributed by atoms with E-state index in [0.29, 0.717) is 39.1 Å². The third-order valence-corrected chi connectivity index (χ3v) is 5.91. The predicted molar refractivity (Wildman–Crippen MR) is 80.3 cm³/mol. The molecule has 0 bridgehead atoms. The summed E-state index contributed by atoms with van der Waals surface area (Å²) in [4.78, 5) is 0.994. The van der Waals surface area contributed by atoms with Gasteiger partial charge in [0.05, 0.1) is 23.8 Å².